The average molecular weight is 294 g/mol. The maximum atomic E-state index is 11.9. The zero-order chi connectivity index (χ0) is 15.1. The van der Waals surface area contributed by atoms with E-state index in [0.29, 0.717) is 31.4 Å². The SMILES string of the molecule is CC1CCCCN1CCCNC(=O)c1cn(CCN)nn1. The van der Waals surface area contributed by atoms with Gasteiger partial charge in [0.05, 0.1) is 12.7 Å². The molecule has 0 aromatic carbocycles. The van der Waals surface area contributed by atoms with Crippen molar-refractivity contribution >= 4 is 5.91 Å². The number of nitrogens with zero attached hydrogens (tertiary/aromatic N) is 4. The van der Waals surface area contributed by atoms with E-state index in [1.165, 1.54) is 25.8 Å². The standard InChI is InChI=1S/C14H26N6O/c1-12-5-2-3-8-19(12)9-4-7-16-14(21)13-11-20(10-6-15)18-17-13/h11-12H,2-10,15H2,1H3,(H,16,21). The smallest absolute Gasteiger partial charge is 0.273 e. The van der Waals surface area contributed by atoms with Crippen LogP contribution in [0.4, 0.5) is 0 Å². The number of piperidine rings is 1. The molecule has 21 heavy (non-hydrogen) atoms. The van der Waals surface area contributed by atoms with E-state index in [0.717, 1.165) is 13.0 Å². The van der Waals surface area contributed by atoms with Crippen molar-refractivity contribution in [2.24, 2.45) is 5.73 Å². The van der Waals surface area contributed by atoms with Crippen molar-refractivity contribution in [3.63, 3.8) is 0 Å². The Morgan fingerprint density at radius 2 is 2.33 bits per heavy atom. The lowest BCUT2D eigenvalue weighted by molar-refractivity contribution is 0.0944. The second-order valence-electron chi connectivity index (χ2n) is 5.65. The van der Waals surface area contributed by atoms with Crippen molar-refractivity contribution < 1.29 is 4.79 Å². The molecule has 1 aliphatic heterocycles. The Hall–Kier alpha value is -1.47. The number of hydrogen-bond acceptors (Lipinski definition) is 5. The second kappa shape index (κ2) is 8.09. The van der Waals surface area contributed by atoms with Gasteiger partial charge in [0.2, 0.25) is 0 Å². The van der Waals surface area contributed by atoms with Gasteiger partial charge < -0.3 is 16.0 Å². The van der Waals surface area contributed by atoms with Gasteiger partial charge in [0.1, 0.15) is 0 Å². The Labute approximate surface area is 125 Å². The van der Waals surface area contributed by atoms with Gasteiger partial charge >= 0.3 is 0 Å². The summed E-state index contributed by atoms with van der Waals surface area (Å²) in [5.41, 5.74) is 5.79. The molecule has 118 valence electrons. The number of hydrogen-bond donors (Lipinski definition) is 2. The van der Waals surface area contributed by atoms with Crippen LogP contribution in [0.2, 0.25) is 0 Å². The molecule has 1 fully saturated rings. The molecule has 7 nitrogen and oxygen atoms in total. The minimum Gasteiger partial charge on any atom is -0.351 e. The van der Waals surface area contributed by atoms with Crippen molar-refractivity contribution in [2.75, 3.05) is 26.2 Å². The maximum Gasteiger partial charge on any atom is 0.273 e. The van der Waals surface area contributed by atoms with Gasteiger partial charge in [-0.2, -0.15) is 0 Å². The van der Waals surface area contributed by atoms with E-state index in [1.807, 2.05) is 0 Å². The fraction of sp³-hybridized carbons (Fsp3) is 0.786. The number of amides is 1. The molecule has 0 bridgehead atoms. The third kappa shape index (κ3) is 4.78. The van der Waals surface area contributed by atoms with Gasteiger partial charge in [-0.15, -0.1) is 5.10 Å². The van der Waals surface area contributed by atoms with Crippen molar-refractivity contribution in [3.8, 4) is 0 Å². The highest BCUT2D eigenvalue weighted by Crippen LogP contribution is 2.15. The van der Waals surface area contributed by atoms with Crippen molar-refractivity contribution in [3.05, 3.63) is 11.9 Å². The van der Waals surface area contributed by atoms with Crippen molar-refractivity contribution in [1.82, 2.24) is 25.2 Å². The Morgan fingerprint density at radius 1 is 1.48 bits per heavy atom. The number of nitrogens with one attached hydrogen (secondary N) is 1. The molecule has 0 saturated carbocycles. The van der Waals surface area contributed by atoms with E-state index in [2.05, 4.69) is 27.5 Å². The summed E-state index contributed by atoms with van der Waals surface area (Å²) in [7, 11) is 0. The van der Waals surface area contributed by atoms with E-state index >= 15 is 0 Å². The summed E-state index contributed by atoms with van der Waals surface area (Å²) < 4.78 is 1.59. The first-order valence-corrected chi connectivity index (χ1v) is 7.83. The monoisotopic (exact) mass is 294 g/mol. The summed E-state index contributed by atoms with van der Waals surface area (Å²) in [6.07, 6.45) is 6.52. The zero-order valence-corrected chi connectivity index (χ0v) is 12.8. The average Bonchev–Trinajstić information content (AvgIpc) is 2.94. The van der Waals surface area contributed by atoms with Gasteiger partial charge in [0.15, 0.2) is 5.69 Å². The number of nitrogens with two attached hydrogens (primary N) is 1. The molecule has 7 heteroatoms. The Morgan fingerprint density at radius 3 is 3.10 bits per heavy atom. The Bertz CT molecular complexity index is 446. The summed E-state index contributed by atoms with van der Waals surface area (Å²) in [4.78, 5) is 14.4. The van der Waals surface area contributed by atoms with Gasteiger partial charge in [-0.3, -0.25) is 9.48 Å². The Balaban J connectivity index is 1.66. The predicted molar refractivity (Wildman–Crippen MR) is 80.9 cm³/mol. The van der Waals surface area contributed by atoms with Gasteiger partial charge in [0, 0.05) is 25.7 Å². The lowest BCUT2D eigenvalue weighted by Gasteiger charge is -2.33. The van der Waals surface area contributed by atoms with Crippen LogP contribution < -0.4 is 11.1 Å². The first-order chi connectivity index (χ1) is 10.2. The van der Waals surface area contributed by atoms with Crippen LogP contribution in [0.1, 0.15) is 43.1 Å². The predicted octanol–water partition coefficient (Wildman–Crippen LogP) is 0.231. The van der Waals surface area contributed by atoms with Crippen molar-refractivity contribution in [1.29, 1.82) is 0 Å². The number of carbonyl (C=O) groups is 1. The summed E-state index contributed by atoms with van der Waals surface area (Å²) >= 11 is 0. The summed E-state index contributed by atoms with van der Waals surface area (Å²) in [5, 5.41) is 10.6. The summed E-state index contributed by atoms with van der Waals surface area (Å²) in [6, 6.07) is 0.672. The zero-order valence-electron chi connectivity index (χ0n) is 12.8. The number of carbonyl (C=O) groups excluding carboxylic acids is 1. The highest BCUT2D eigenvalue weighted by molar-refractivity contribution is 5.91. The molecule has 1 saturated heterocycles. The third-order valence-corrected chi connectivity index (χ3v) is 3.98. The molecule has 2 rings (SSSR count). The van der Waals surface area contributed by atoms with Crippen LogP contribution >= 0.6 is 0 Å². The van der Waals surface area contributed by atoms with E-state index in [1.54, 1.807) is 10.9 Å². The number of rotatable bonds is 7. The van der Waals surface area contributed by atoms with E-state index < -0.39 is 0 Å². The molecule has 0 spiro atoms. The maximum absolute atomic E-state index is 11.9. The highest BCUT2D eigenvalue weighted by Gasteiger charge is 2.17. The topological polar surface area (TPSA) is 89.1 Å². The molecule has 2 heterocycles. The van der Waals surface area contributed by atoms with Crippen LogP contribution in [0.25, 0.3) is 0 Å². The largest absolute Gasteiger partial charge is 0.351 e. The quantitative estimate of drug-likeness (QED) is 0.703. The molecule has 0 aliphatic carbocycles. The van der Waals surface area contributed by atoms with E-state index in [4.69, 9.17) is 5.73 Å². The number of likely N-dealkylation sites (tertiary alicyclic amines) is 1. The highest BCUT2D eigenvalue weighted by atomic mass is 16.2. The van der Waals surface area contributed by atoms with Crippen LogP contribution in [0.15, 0.2) is 6.20 Å². The molecule has 3 N–H and O–H groups in total. The fourth-order valence-electron chi connectivity index (χ4n) is 2.71. The fourth-order valence-corrected chi connectivity index (χ4v) is 2.71. The molecule has 1 amide bonds. The minimum atomic E-state index is -0.162. The molecule has 0 radical (unpaired) electrons. The van der Waals surface area contributed by atoms with Crippen LogP contribution in [0, 0.1) is 0 Å². The van der Waals surface area contributed by atoms with Crippen LogP contribution in [-0.2, 0) is 6.54 Å². The Kier molecular flexibility index (Phi) is 6.13. The normalized spacial score (nSPS) is 19.6. The third-order valence-electron chi connectivity index (χ3n) is 3.98. The van der Waals surface area contributed by atoms with Crippen molar-refractivity contribution in [2.45, 2.75) is 45.2 Å². The minimum absolute atomic E-state index is 0.162. The number of aromatic nitrogens is 3. The lowest BCUT2D eigenvalue weighted by atomic mass is 10.0. The first-order valence-electron chi connectivity index (χ1n) is 7.83. The molecular formula is C14H26N6O. The summed E-state index contributed by atoms with van der Waals surface area (Å²) in [6.45, 7) is 6.24. The molecule has 1 aliphatic rings. The van der Waals surface area contributed by atoms with E-state index in [9.17, 15) is 4.79 Å². The van der Waals surface area contributed by atoms with Crippen LogP contribution in [0.5, 0.6) is 0 Å². The van der Waals surface area contributed by atoms with Gasteiger partial charge in [-0.05, 0) is 32.7 Å². The van der Waals surface area contributed by atoms with E-state index in [-0.39, 0.29) is 5.91 Å². The molecule has 1 aromatic heterocycles. The van der Waals surface area contributed by atoms with Gasteiger partial charge in [-0.1, -0.05) is 11.6 Å². The molecular weight excluding hydrogens is 268 g/mol. The molecule has 1 unspecified atom stereocenters. The van der Waals surface area contributed by atoms with Crippen LogP contribution in [0.3, 0.4) is 0 Å². The summed E-state index contributed by atoms with van der Waals surface area (Å²) in [5.74, 6) is -0.162. The van der Waals surface area contributed by atoms with Gasteiger partial charge in [-0.25, -0.2) is 0 Å². The second-order valence-corrected chi connectivity index (χ2v) is 5.65. The molecule has 1 aromatic rings. The molecule has 1 atom stereocenters. The lowest BCUT2D eigenvalue weighted by Crippen LogP contribution is -2.39. The van der Waals surface area contributed by atoms with Gasteiger partial charge in [0.25, 0.3) is 5.91 Å². The first kappa shape index (κ1) is 15.9. The van der Waals surface area contributed by atoms with Crippen LogP contribution in [-0.4, -0.2) is 58.0 Å².